The van der Waals surface area contributed by atoms with E-state index in [1.54, 1.807) is 38.5 Å². The van der Waals surface area contributed by atoms with Crippen LogP contribution in [0.1, 0.15) is 58.3 Å². The first-order valence-corrected chi connectivity index (χ1v) is 9.10. The average Bonchev–Trinajstić information content (AvgIpc) is 2.45. The Kier molecular flexibility index (Phi) is 3.38. The summed E-state index contributed by atoms with van der Waals surface area (Å²) >= 11 is 0. The average molecular weight is 276 g/mol. The van der Waals surface area contributed by atoms with E-state index in [4.69, 9.17) is 0 Å². The standard InChI is InChI=1S/C18H32N2/c1-13(20-5-3-4-17(12-20)19-2)18-9-14-6-15(10-18)8-16(7-14)11-18/h13-17,19H,3-12H2,1-2H3. The van der Waals surface area contributed by atoms with Gasteiger partial charge in [0.25, 0.3) is 0 Å². The van der Waals surface area contributed by atoms with Crippen molar-refractivity contribution in [3.05, 3.63) is 0 Å². The Balaban J connectivity index is 1.51. The molecule has 5 rings (SSSR count). The van der Waals surface area contributed by atoms with Gasteiger partial charge in [0.15, 0.2) is 0 Å². The van der Waals surface area contributed by atoms with Crippen LogP contribution in [0.2, 0.25) is 0 Å². The predicted octanol–water partition coefficient (Wildman–Crippen LogP) is 3.28. The van der Waals surface area contributed by atoms with E-state index >= 15 is 0 Å². The topological polar surface area (TPSA) is 15.3 Å². The van der Waals surface area contributed by atoms with E-state index in [1.165, 1.54) is 25.9 Å². The number of rotatable bonds is 3. The monoisotopic (exact) mass is 276 g/mol. The summed E-state index contributed by atoms with van der Waals surface area (Å²) in [5.74, 6) is 3.27. The first kappa shape index (κ1) is 13.6. The van der Waals surface area contributed by atoms with E-state index in [2.05, 4.69) is 24.2 Å². The molecule has 1 aliphatic heterocycles. The van der Waals surface area contributed by atoms with Gasteiger partial charge in [0.1, 0.15) is 0 Å². The van der Waals surface area contributed by atoms with Crippen LogP contribution in [-0.4, -0.2) is 37.1 Å². The third-order valence-corrected chi connectivity index (χ3v) is 7.38. The van der Waals surface area contributed by atoms with E-state index in [9.17, 15) is 0 Å². The van der Waals surface area contributed by atoms with Crippen LogP contribution in [0.4, 0.5) is 0 Å². The first-order valence-electron chi connectivity index (χ1n) is 9.10. The van der Waals surface area contributed by atoms with Crippen LogP contribution in [0.5, 0.6) is 0 Å². The lowest BCUT2D eigenvalue weighted by Crippen LogP contribution is -2.58. The molecule has 0 aromatic carbocycles. The Hall–Kier alpha value is -0.0800. The molecular weight excluding hydrogens is 244 g/mol. The second kappa shape index (κ2) is 4.98. The van der Waals surface area contributed by atoms with Gasteiger partial charge >= 0.3 is 0 Å². The second-order valence-electron chi connectivity index (χ2n) is 8.58. The van der Waals surface area contributed by atoms with Crippen LogP contribution in [0.15, 0.2) is 0 Å². The minimum atomic E-state index is 0.699. The molecule has 4 saturated carbocycles. The van der Waals surface area contributed by atoms with Crippen molar-refractivity contribution in [1.82, 2.24) is 10.2 Å². The van der Waals surface area contributed by atoms with Crippen molar-refractivity contribution in [1.29, 1.82) is 0 Å². The molecule has 2 unspecified atom stereocenters. The molecule has 1 N–H and O–H groups in total. The fraction of sp³-hybridized carbons (Fsp3) is 1.00. The summed E-state index contributed by atoms with van der Waals surface area (Å²) in [6.45, 7) is 5.21. The molecule has 1 heterocycles. The highest BCUT2D eigenvalue weighted by atomic mass is 15.2. The van der Waals surface area contributed by atoms with Crippen LogP contribution in [0, 0.1) is 23.2 Å². The summed E-state index contributed by atoms with van der Waals surface area (Å²) in [7, 11) is 2.14. The number of likely N-dealkylation sites (N-methyl/N-ethyl adjacent to an activating group) is 1. The fourth-order valence-electron chi connectivity index (χ4n) is 6.67. The Morgan fingerprint density at radius 2 is 1.65 bits per heavy atom. The molecule has 114 valence electrons. The third kappa shape index (κ3) is 2.14. The molecule has 4 aliphatic carbocycles. The number of likely N-dealkylation sites (tertiary alicyclic amines) is 1. The predicted molar refractivity (Wildman–Crippen MR) is 83.7 cm³/mol. The Morgan fingerprint density at radius 3 is 2.20 bits per heavy atom. The van der Waals surface area contributed by atoms with Crippen LogP contribution in [0.25, 0.3) is 0 Å². The third-order valence-electron chi connectivity index (χ3n) is 7.38. The number of nitrogens with zero attached hydrogens (tertiary/aromatic N) is 1. The van der Waals surface area contributed by atoms with Gasteiger partial charge < -0.3 is 5.32 Å². The Bertz CT molecular complexity index is 329. The fourth-order valence-corrected chi connectivity index (χ4v) is 6.67. The highest BCUT2D eigenvalue weighted by Gasteiger charge is 2.54. The van der Waals surface area contributed by atoms with Gasteiger partial charge in [0.2, 0.25) is 0 Å². The molecule has 0 aromatic heterocycles. The molecule has 20 heavy (non-hydrogen) atoms. The largest absolute Gasteiger partial charge is 0.316 e. The highest BCUT2D eigenvalue weighted by molar-refractivity contribution is 5.06. The first-order chi connectivity index (χ1) is 9.68. The number of hydrogen-bond donors (Lipinski definition) is 1. The van der Waals surface area contributed by atoms with Crippen molar-refractivity contribution in [3.63, 3.8) is 0 Å². The molecule has 2 atom stereocenters. The van der Waals surface area contributed by atoms with E-state index in [0.29, 0.717) is 5.41 Å². The molecule has 5 aliphatic rings. The van der Waals surface area contributed by atoms with Gasteiger partial charge in [-0.3, -0.25) is 4.90 Å². The van der Waals surface area contributed by atoms with Crippen molar-refractivity contribution in [2.24, 2.45) is 23.2 Å². The summed E-state index contributed by atoms with van der Waals surface area (Å²) in [6.07, 6.45) is 12.2. The lowest BCUT2D eigenvalue weighted by atomic mass is 9.47. The van der Waals surface area contributed by atoms with Crippen molar-refractivity contribution < 1.29 is 0 Å². The van der Waals surface area contributed by atoms with Gasteiger partial charge in [-0.05, 0) is 95.1 Å². The normalized spacial score (nSPS) is 49.5. The van der Waals surface area contributed by atoms with E-state index in [0.717, 1.165) is 29.8 Å². The molecule has 5 fully saturated rings. The van der Waals surface area contributed by atoms with Crippen molar-refractivity contribution in [3.8, 4) is 0 Å². The summed E-state index contributed by atoms with van der Waals surface area (Å²) in [5, 5.41) is 3.52. The SMILES string of the molecule is CNC1CCCN(C(C)C23CC4CC(CC(C4)C2)C3)C1. The van der Waals surface area contributed by atoms with Crippen LogP contribution < -0.4 is 5.32 Å². The molecule has 2 heteroatoms. The van der Waals surface area contributed by atoms with Crippen LogP contribution >= 0.6 is 0 Å². The van der Waals surface area contributed by atoms with Gasteiger partial charge in [0, 0.05) is 18.6 Å². The lowest BCUT2D eigenvalue weighted by Gasteiger charge is -2.61. The summed E-state index contributed by atoms with van der Waals surface area (Å²) in [6, 6.07) is 1.56. The van der Waals surface area contributed by atoms with Gasteiger partial charge in [0.05, 0.1) is 0 Å². The molecule has 4 bridgehead atoms. The van der Waals surface area contributed by atoms with Crippen molar-refractivity contribution in [2.75, 3.05) is 20.1 Å². The summed E-state index contributed by atoms with van der Waals surface area (Å²) < 4.78 is 0. The lowest BCUT2D eigenvalue weighted by molar-refractivity contribution is -0.100. The summed E-state index contributed by atoms with van der Waals surface area (Å²) in [4.78, 5) is 2.85. The van der Waals surface area contributed by atoms with Crippen molar-refractivity contribution in [2.45, 2.75) is 70.4 Å². The number of piperidine rings is 1. The van der Waals surface area contributed by atoms with E-state index in [-0.39, 0.29) is 0 Å². The minimum Gasteiger partial charge on any atom is -0.316 e. The van der Waals surface area contributed by atoms with Gasteiger partial charge in [-0.1, -0.05) is 0 Å². The highest BCUT2D eigenvalue weighted by Crippen LogP contribution is 2.62. The number of nitrogens with one attached hydrogen (secondary N) is 1. The molecule has 0 radical (unpaired) electrons. The molecule has 1 saturated heterocycles. The van der Waals surface area contributed by atoms with Crippen molar-refractivity contribution >= 4 is 0 Å². The zero-order valence-electron chi connectivity index (χ0n) is 13.4. The zero-order valence-corrected chi connectivity index (χ0v) is 13.4. The maximum absolute atomic E-state index is 3.52. The summed E-state index contributed by atoms with van der Waals surface area (Å²) in [5.41, 5.74) is 0.699. The quantitative estimate of drug-likeness (QED) is 0.851. The Labute approximate surface area is 124 Å². The van der Waals surface area contributed by atoms with Crippen LogP contribution in [-0.2, 0) is 0 Å². The molecule has 2 nitrogen and oxygen atoms in total. The minimum absolute atomic E-state index is 0.699. The smallest absolute Gasteiger partial charge is 0.0192 e. The second-order valence-corrected chi connectivity index (χ2v) is 8.58. The zero-order chi connectivity index (χ0) is 13.7. The van der Waals surface area contributed by atoms with Gasteiger partial charge in [-0.2, -0.15) is 0 Å². The number of hydrogen-bond acceptors (Lipinski definition) is 2. The maximum atomic E-state index is 3.52. The van der Waals surface area contributed by atoms with Crippen LogP contribution in [0.3, 0.4) is 0 Å². The van der Waals surface area contributed by atoms with Gasteiger partial charge in [-0.25, -0.2) is 0 Å². The Morgan fingerprint density at radius 1 is 1.05 bits per heavy atom. The molecule has 0 amide bonds. The van der Waals surface area contributed by atoms with Gasteiger partial charge in [-0.15, -0.1) is 0 Å². The van der Waals surface area contributed by atoms with E-state index in [1.807, 2.05) is 0 Å². The molecule has 0 aromatic rings. The maximum Gasteiger partial charge on any atom is 0.0192 e. The molecule has 0 spiro atoms. The molecular formula is C18H32N2. The van der Waals surface area contributed by atoms with E-state index < -0.39 is 0 Å².